The number of fused-ring (bicyclic) bond motifs is 2. The lowest BCUT2D eigenvalue weighted by molar-refractivity contribution is -0.286. The molecule has 1 saturated carbocycles. The maximum Gasteiger partial charge on any atom is 0.586 e. The number of unbranched alkanes of at least 4 members (excludes halogenated alkanes) is 2. The monoisotopic (exact) mass is 1210 g/mol. The molecule has 6 N–H and O–H groups in total. The molecule has 7 aromatic rings. The zero-order valence-corrected chi connectivity index (χ0v) is 47.6. The highest BCUT2D eigenvalue weighted by atomic mass is 19.4. The van der Waals surface area contributed by atoms with Crippen LogP contribution in [0.3, 0.4) is 0 Å². The molecule has 3 aromatic heterocycles. The number of halogens is 7. The van der Waals surface area contributed by atoms with Crippen LogP contribution in [-0.4, -0.2) is 110 Å². The smallest absolute Gasteiger partial charge is 0.489 e. The summed E-state index contributed by atoms with van der Waals surface area (Å²) >= 11 is 0. The first kappa shape index (κ1) is 63.4. The van der Waals surface area contributed by atoms with Gasteiger partial charge in [-0.3, -0.25) is 14.3 Å². The molecule has 1 fully saturated rings. The van der Waals surface area contributed by atoms with Gasteiger partial charge < -0.3 is 59.5 Å². The number of nitrogens with one attached hydrogen (secondary N) is 3. The van der Waals surface area contributed by atoms with Crippen molar-refractivity contribution < 1.29 is 79.3 Å². The molecule has 4 aromatic carbocycles. The summed E-state index contributed by atoms with van der Waals surface area (Å²) in [4.78, 5) is 26.6. The van der Waals surface area contributed by atoms with E-state index in [-0.39, 0.29) is 87.8 Å². The normalized spacial score (nSPS) is 14.4. The largest absolute Gasteiger partial charge is 0.586 e. The second-order valence-corrected chi connectivity index (χ2v) is 21.9. The van der Waals surface area contributed by atoms with Gasteiger partial charge in [-0.1, -0.05) is 37.8 Å². The van der Waals surface area contributed by atoms with Crippen LogP contribution in [0.25, 0.3) is 10.9 Å². The molecular weight excluding hydrogens is 1150 g/mol. The number of nitrogens with zero attached hydrogens (tertiary/aromatic N) is 5. The number of anilines is 1. The number of carbonyl (C=O) groups is 2. The highest BCUT2D eigenvalue weighted by Gasteiger charge is 2.53. The molecular formula is C62H65F7N8O10. The molecule has 0 bridgehead atoms. The van der Waals surface area contributed by atoms with Crippen molar-refractivity contribution in [3.8, 4) is 29.1 Å². The van der Waals surface area contributed by atoms with E-state index in [0.717, 1.165) is 25.3 Å². The molecule has 462 valence electrons. The number of benzene rings is 4. The Balaban J connectivity index is 0.672. The Morgan fingerprint density at radius 1 is 0.851 bits per heavy atom. The number of amides is 2. The Morgan fingerprint density at radius 2 is 1.62 bits per heavy atom. The summed E-state index contributed by atoms with van der Waals surface area (Å²) in [6.45, 7) is 5.52. The van der Waals surface area contributed by atoms with Crippen molar-refractivity contribution in [2.24, 2.45) is 0 Å². The molecule has 1 aliphatic heterocycles. The van der Waals surface area contributed by atoms with Crippen LogP contribution >= 0.6 is 0 Å². The lowest BCUT2D eigenvalue weighted by Gasteiger charge is -2.27. The van der Waals surface area contributed by atoms with Gasteiger partial charge in [-0.25, -0.2) is 8.78 Å². The van der Waals surface area contributed by atoms with Gasteiger partial charge in [0.1, 0.15) is 24.0 Å². The van der Waals surface area contributed by atoms with E-state index in [1.165, 1.54) is 42.6 Å². The average molecular weight is 1220 g/mol. The minimum Gasteiger partial charge on any atom is -0.489 e. The van der Waals surface area contributed by atoms with Crippen LogP contribution < -0.4 is 30.2 Å². The SMILES string of the molecule is CC(C)(COCCCCCOCc1ccc(Cn2cc(C(=O)NCCC#Cc3ccc(OCc4ccc(F)c(C(F)(F)F)c4)c(CNCCO)c3)cn2)nn1)c1cc2cc(NC(=O)C3(c4ccc5c(c4)OC(F)(F)O5)CC3)c(F)cc2n1CC(O)CO. The van der Waals surface area contributed by atoms with Crippen molar-refractivity contribution in [2.75, 3.05) is 51.4 Å². The third kappa shape index (κ3) is 16.3. The van der Waals surface area contributed by atoms with Crippen molar-refractivity contribution >= 4 is 28.4 Å². The van der Waals surface area contributed by atoms with E-state index in [1.54, 1.807) is 39.7 Å². The number of alkyl halides is 5. The second kappa shape index (κ2) is 27.7. The lowest BCUT2D eigenvalue weighted by Crippen LogP contribution is -2.30. The summed E-state index contributed by atoms with van der Waals surface area (Å²) in [6.07, 6.45) is -3.29. The van der Waals surface area contributed by atoms with Gasteiger partial charge in [0.25, 0.3) is 5.91 Å². The first-order chi connectivity index (χ1) is 41.6. The molecule has 2 aliphatic rings. The van der Waals surface area contributed by atoms with Crippen LogP contribution in [0.1, 0.15) is 108 Å². The molecule has 18 nitrogen and oxygen atoms in total. The Morgan fingerprint density at radius 3 is 2.37 bits per heavy atom. The summed E-state index contributed by atoms with van der Waals surface area (Å²) in [5, 5.41) is 51.5. The van der Waals surface area contributed by atoms with Gasteiger partial charge >= 0.3 is 12.5 Å². The van der Waals surface area contributed by atoms with Crippen LogP contribution in [0.4, 0.5) is 36.4 Å². The fourth-order valence-electron chi connectivity index (χ4n) is 9.90. The molecule has 4 heterocycles. The van der Waals surface area contributed by atoms with Gasteiger partial charge in [0.2, 0.25) is 5.91 Å². The fraction of sp³-hybridized carbons (Fsp3) is 0.403. The quantitative estimate of drug-likeness (QED) is 0.0146. The number of aliphatic hydroxyl groups excluding tert-OH is 3. The summed E-state index contributed by atoms with van der Waals surface area (Å²) < 4.78 is 127. The zero-order valence-electron chi connectivity index (χ0n) is 47.6. The molecule has 0 spiro atoms. The van der Waals surface area contributed by atoms with Crippen molar-refractivity contribution in [2.45, 2.75) is 115 Å². The molecule has 87 heavy (non-hydrogen) atoms. The number of hydrogen-bond acceptors (Lipinski definition) is 14. The maximum atomic E-state index is 15.9. The number of aliphatic hydroxyl groups is 3. The van der Waals surface area contributed by atoms with E-state index in [1.807, 2.05) is 26.0 Å². The predicted octanol–water partition coefficient (Wildman–Crippen LogP) is 8.83. The van der Waals surface area contributed by atoms with Crippen molar-refractivity contribution in [1.82, 2.24) is 35.2 Å². The van der Waals surface area contributed by atoms with Crippen molar-refractivity contribution in [3.63, 3.8) is 0 Å². The Labute approximate surface area is 495 Å². The average Bonchev–Trinajstić information content (AvgIpc) is 1.76. The van der Waals surface area contributed by atoms with Crippen molar-refractivity contribution in [3.05, 3.63) is 159 Å². The molecule has 2 amide bonds. The van der Waals surface area contributed by atoms with E-state index in [9.17, 15) is 51.3 Å². The Hall–Kier alpha value is -8.12. The van der Waals surface area contributed by atoms with Gasteiger partial charge in [-0.15, -0.1) is 8.78 Å². The topological polar surface area (TPSA) is 226 Å². The fourth-order valence-corrected chi connectivity index (χ4v) is 9.90. The summed E-state index contributed by atoms with van der Waals surface area (Å²) in [5.74, 6) is 3.14. The number of rotatable bonds is 29. The van der Waals surface area contributed by atoms with E-state index in [4.69, 9.17) is 14.2 Å². The van der Waals surface area contributed by atoms with Gasteiger partial charge in [-0.2, -0.15) is 28.5 Å². The van der Waals surface area contributed by atoms with Crippen LogP contribution in [-0.2, 0) is 64.1 Å². The number of carbonyl (C=O) groups excluding carboxylic acids is 2. The number of ether oxygens (including phenoxy) is 5. The van der Waals surface area contributed by atoms with E-state index in [0.29, 0.717) is 94.5 Å². The number of aromatic nitrogens is 5. The lowest BCUT2D eigenvalue weighted by atomic mass is 9.90. The highest BCUT2D eigenvalue weighted by Crippen LogP contribution is 2.52. The molecule has 1 atom stereocenters. The zero-order chi connectivity index (χ0) is 61.9. The number of hydrogen-bond donors (Lipinski definition) is 6. The third-order valence-electron chi connectivity index (χ3n) is 14.6. The van der Waals surface area contributed by atoms with Gasteiger partial charge in [0.05, 0.1) is 91.0 Å². The Kier molecular flexibility index (Phi) is 20.2. The first-order valence-electron chi connectivity index (χ1n) is 28.2. The van der Waals surface area contributed by atoms with E-state index in [2.05, 4.69) is 52.6 Å². The second-order valence-electron chi connectivity index (χ2n) is 21.9. The van der Waals surface area contributed by atoms with Gasteiger partial charge in [-0.05, 0) is 110 Å². The van der Waals surface area contributed by atoms with E-state index >= 15 is 4.39 Å². The molecule has 0 radical (unpaired) electrons. The highest BCUT2D eigenvalue weighted by molar-refractivity contribution is 6.03. The summed E-state index contributed by atoms with van der Waals surface area (Å²) in [6, 6.07) is 20.2. The first-order valence-corrected chi connectivity index (χ1v) is 28.2. The predicted molar refractivity (Wildman–Crippen MR) is 303 cm³/mol. The summed E-state index contributed by atoms with van der Waals surface area (Å²) in [5.41, 5.74) is 1.40. The maximum absolute atomic E-state index is 15.9. The van der Waals surface area contributed by atoms with Crippen molar-refractivity contribution in [1.29, 1.82) is 0 Å². The van der Waals surface area contributed by atoms with E-state index < -0.39 is 59.1 Å². The summed E-state index contributed by atoms with van der Waals surface area (Å²) in [7, 11) is 0. The van der Waals surface area contributed by atoms with Crippen LogP contribution in [0.15, 0.2) is 97.3 Å². The molecule has 25 heteroatoms. The third-order valence-corrected chi connectivity index (χ3v) is 14.6. The molecule has 1 unspecified atom stereocenters. The standard InChI is InChI=1S/C62H65F7N8O10/c1-59(2,56-27-41-26-51(50(64)29-52(41)77(56)34-47(80)35-79)73-58(82)60(17-18-60)44-11-16-54-55(28-44)87-62(68,69)86-54)38-84-23-7-3-6-22-83-37-46-13-12-45(74-75-46)33-76-32-43(31-72-76)57(81)71-19-5-4-8-39-10-15-53(42(24-39)30-70-20-21-78)85-36-40-9-14-49(63)48(25-40)61(65,66)67/h9-16,24-29,31-32,47,70,78-80H,3,5-7,17-23,30,33-38H2,1-2H3,(H,71,81)(H,73,82). The van der Waals surface area contributed by atoms with Crippen LogP contribution in [0.5, 0.6) is 17.2 Å². The minimum absolute atomic E-state index is 0.0320. The van der Waals surface area contributed by atoms with Gasteiger partial charge in [0.15, 0.2) is 11.5 Å². The van der Waals surface area contributed by atoms with Gasteiger partial charge in [0, 0.05) is 79.2 Å². The molecule has 0 saturated heterocycles. The van der Waals surface area contributed by atoms with Crippen LogP contribution in [0.2, 0.25) is 0 Å². The molecule has 9 rings (SSSR count). The molecule has 1 aliphatic carbocycles. The minimum atomic E-state index is -4.85. The Bertz CT molecular complexity index is 3620. The van der Waals surface area contributed by atoms with Crippen LogP contribution in [0, 0.1) is 23.5 Å².